The van der Waals surface area contributed by atoms with E-state index in [1.165, 1.54) is 41.1 Å². The van der Waals surface area contributed by atoms with Crippen molar-refractivity contribution >= 4 is 61.3 Å². The highest BCUT2D eigenvalue weighted by Crippen LogP contribution is 2.47. The van der Waals surface area contributed by atoms with E-state index >= 15 is 0 Å². The van der Waals surface area contributed by atoms with Crippen LogP contribution in [0.1, 0.15) is 68.3 Å². The number of nitrogens with zero attached hydrogens (tertiary/aromatic N) is 4. The second-order valence-corrected chi connectivity index (χ2v) is 20.2. The molecule has 5 aromatic rings. The lowest BCUT2D eigenvalue weighted by Crippen LogP contribution is -2.47. The van der Waals surface area contributed by atoms with E-state index in [0.29, 0.717) is 37.3 Å². The molecule has 14 nitrogen and oxygen atoms in total. The van der Waals surface area contributed by atoms with E-state index in [1.807, 2.05) is 18.2 Å². The Morgan fingerprint density at radius 1 is 1.02 bits per heavy atom. The summed E-state index contributed by atoms with van der Waals surface area (Å²) >= 11 is 6.24. The molecule has 0 radical (unpaired) electrons. The number of ketones is 1. The van der Waals surface area contributed by atoms with E-state index in [-0.39, 0.29) is 52.6 Å². The number of hydrogen-bond donors (Lipinski definition) is 2. The van der Waals surface area contributed by atoms with Gasteiger partial charge in [-0.25, -0.2) is 18.1 Å². The minimum atomic E-state index is -4.61. The monoisotopic (exact) mass is 892 g/mol. The summed E-state index contributed by atoms with van der Waals surface area (Å²) in [5.41, 5.74) is 5.14. The number of Topliss-reactive ketones (excluding diaryl/α,β-unsaturated/α-hetero) is 1. The van der Waals surface area contributed by atoms with Gasteiger partial charge in [0.1, 0.15) is 22.9 Å². The molecule has 16 heteroatoms. The summed E-state index contributed by atoms with van der Waals surface area (Å²) in [6, 6.07) is 20.1. The van der Waals surface area contributed by atoms with Crippen LogP contribution in [0.15, 0.2) is 95.7 Å². The van der Waals surface area contributed by atoms with Crippen LogP contribution >= 0.6 is 11.6 Å². The molecule has 2 bridgehead atoms. The van der Waals surface area contributed by atoms with Gasteiger partial charge in [0.05, 0.1) is 28.2 Å². The molecule has 3 aliphatic carbocycles. The molecule has 63 heavy (non-hydrogen) atoms. The first-order valence-corrected chi connectivity index (χ1v) is 23.2. The molecule has 9 rings (SSSR count). The Hall–Kier alpha value is -5.77. The smallest absolute Gasteiger partial charge is 0.312 e. The number of nitro benzene ring substituents is 1. The number of rotatable bonds is 13. The van der Waals surface area contributed by atoms with Crippen molar-refractivity contribution in [2.75, 3.05) is 44.2 Å². The summed E-state index contributed by atoms with van der Waals surface area (Å²) in [4.78, 5) is 49.0. The molecule has 2 aromatic heterocycles. The largest absolute Gasteiger partial charge is 0.487 e. The topological polar surface area (TPSA) is 177 Å². The van der Waals surface area contributed by atoms with Gasteiger partial charge in [-0.2, -0.15) is 0 Å². The number of aromatic amines is 1. The predicted molar refractivity (Wildman–Crippen MR) is 240 cm³/mol. The fourth-order valence-corrected chi connectivity index (χ4v) is 10.8. The molecule has 3 atom stereocenters. The number of aromatic nitrogens is 2. The van der Waals surface area contributed by atoms with Crippen LogP contribution in [0.4, 0.5) is 11.4 Å². The second-order valence-electron chi connectivity index (χ2n) is 18.1. The van der Waals surface area contributed by atoms with E-state index in [1.54, 1.807) is 24.4 Å². The highest BCUT2D eigenvalue weighted by atomic mass is 35.5. The maximum Gasteiger partial charge on any atom is 0.312 e. The van der Waals surface area contributed by atoms with Gasteiger partial charge in [0.25, 0.3) is 15.9 Å². The fraction of sp³-hybridized carbons (Fsp3) is 0.383. The Kier molecular flexibility index (Phi) is 11.5. The first kappa shape index (κ1) is 42.5. The molecular formula is C47H49ClN6O8S. The molecule has 1 aliphatic heterocycles. The van der Waals surface area contributed by atoms with Crippen molar-refractivity contribution in [1.82, 2.24) is 19.6 Å². The third-order valence-corrected chi connectivity index (χ3v) is 14.8. The normalized spacial score (nSPS) is 21.2. The van der Waals surface area contributed by atoms with Gasteiger partial charge in [0.15, 0.2) is 5.75 Å². The van der Waals surface area contributed by atoms with Gasteiger partial charge in [-0.1, -0.05) is 43.2 Å². The number of allylic oxidation sites excluding steroid dienone is 1. The number of halogens is 1. The lowest BCUT2D eigenvalue weighted by Gasteiger charge is -2.39. The number of pyridine rings is 1. The fourth-order valence-electron chi connectivity index (χ4n) is 9.70. The highest BCUT2D eigenvalue weighted by molar-refractivity contribution is 7.90. The van der Waals surface area contributed by atoms with Crippen molar-refractivity contribution in [3.63, 3.8) is 0 Å². The number of nitrogens with one attached hydrogen (secondary N) is 2. The predicted octanol–water partition coefficient (Wildman–Crippen LogP) is 8.82. The Balaban J connectivity index is 0.922. The minimum Gasteiger partial charge on any atom is -0.487 e. The molecule has 1 saturated heterocycles. The molecule has 1 amide bonds. The summed E-state index contributed by atoms with van der Waals surface area (Å²) in [6.07, 6.45) is 8.43. The Bertz CT molecular complexity index is 2750. The quantitative estimate of drug-likeness (QED) is 0.0853. The summed E-state index contributed by atoms with van der Waals surface area (Å²) < 4.78 is 41.7. The van der Waals surface area contributed by atoms with Crippen LogP contribution in [0.25, 0.3) is 16.6 Å². The molecule has 2 N–H and O–H groups in total. The molecule has 2 saturated carbocycles. The molecule has 3 aromatic carbocycles. The van der Waals surface area contributed by atoms with E-state index in [9.17, 15) is 28.1 Å². The van der Waals surface area contributed by atoms with Crippen molar-refractivity contribution in [2.24, 2.45) is 23.2 Å². The van der Waals surface area contributed by atoms with Crippen molar-refractivity contribution in [3.05, 3.63) is 117 Å². The van der Waals surface area contributed by atoms with Gasteiger partial charge >= 0.3 is 5.69 Å². The Morgan fingerprint density at radius 2 is 1.81 bits per heavy atom. The second kappa shape index (κ2) is 17.1. The molecule has 3 fully saturated rings. The molecule has 0 spiro atoms. The van der Waals surface area contributed by atoms with Crippen molar-refractivity contribution in [1.29, 1.82) is 0 Å². The van der Waals surface area contributed by atoms with Crippen LogP contribution in [-0.2, 0) is 14.8 Å². The van der Waals surface area contributed by atoms with E-state index in [2.05, 4.69) is 50.5 Å². The van der Waals surface area contributed by atoms with Crippen LogP contribution in [-0.4, -0.2) is 79.2 Å². The zero-order chi connectivity index (χ0) is 44.0. The van der Waals surface area contributed by atoms with Gasteiger partial charge in [-0.3, -0.25) is 24.6 Å². The molecule has 1 unspecified atom stereocenters. The van der Waals surface area contributed by atoms with E-state index in [4.69, 9.17) is 21.1 Å². The molecule has 4 aliphatic rings. The van der Waals surface area contributed by atoms with E-state index in [0.717, 1.165) is 67.5 Å². The number of piperazine rings is 1. The number of fused-ring (bicyclic) bond motifs is 3. The number of ether oxygens (including phenoxy) is 2. The molecule has 328 valence electrons. The highest BCUT2D eigenvalue weighted by Gasteiger charge is 2.45. The number of anilines is 1. The van der Waals surface area contributed by atoms with Crippen LogP contribution in [0.2, 0.25) is 5.02 Å². The number of hydrogen-bond acceptors (Lipinski definition) is 11. The zero-order valence-corrected chi connectivity index (χ0v) is 36.7. The van der Waals surface area contributed by atoms with E-state index < -0.39 is 31.4 Å². The maximum absolute atomic E-state index is 13.9. The summed E-state index contributed by atoms with van der Waals surface area (Å²) in [5.74, 6) is -0.0572. The van der Waals surface area contributed by atoms with Crippen LogP contribution in [0, 0.1) is 33.3 Å². The first-order chi connectivity index (χ1) is 30.2. The minimum absolute atomic E-state index is 0.0191. The Labute approximate surface area is 370 Å². The lowest BCUT2D eigenvalue weighted by molar-refractivity contribution is -0.386. The number of nitro groups is 1. The molecular weight excluding hydrogens is 844 g/mol. The average Bonchev–Trinajstić information content (AvgIpc) is 4.00. The number of carbonyl (C=O) groups is 2. The van der Waals surface area contributed by atoms with Crippen LogP contribution in [0.5, 0.6) is 17.2 Å². The first-order valence-electron chi connectivity index (χ1n) is 21.4. The lowest BCUT2D eigenvalue weighted by atomic mass is 9.72. The molecule has 3 heterocycles. The van der Waals surface area contributed by atoms with Gasteiger partial charge in [-0.05, 0) is 109 Å². The third-order valence-electron chi connectivity index (χ3n) is 13.2. The number of H-pyrrole nitrogens is 1. The number of carbonyl (C=O) groups excluding carboxylic acids is 2. The number of amides is 1. The van der Waals surface area contributed by atoms with Gasteiger partial charge in [-0.15, -0.1) is 0 Å². The van der Waals surface area contributed by atoms with Gasteiger partial charge in [0, 0.05) is 79.5 Å². The van der Waals surface area contributed by atoms with Crippen molar-refractivity contribution in [2.45, 2.75) is 57.3 Å². The standard InChI is InChI=1S/C47H49ClN6O8S/c1-47(2)13-11-31(40(25-47)29-3-5-35(48)6-4-29)27-52-15-17-53(18-16-52)36-7-9-39(44(23-36)62-37-21-30-12-14-49-45(30)50-26-37)46(56)51-63(59,60)38-8-10-43(41(24-38)54(57)58)61-28-34-20-33-19-32(34)22-42(33)55/h3-10,12,14,21,23-24,26,32-34H,11,13,15-20,22,25,27-28H2,1-2H3,(H,49,50)(H,51,56)/t32-,33-,34?/m0/s1. The Morgan fingerprint density at radius 3 is 2.54 bits per heavy atom. The third kappa shape index (κ3) is 9.18. The SMILES string of the molecule is CC1(C)CCC(CN2CCN(c3ccc(C(=O)NS(=O)(=O)c4ccc(OCC5C[C@@H]6C[C@H]5CC6=O)c([N+](=O)[O-])c4)c(Oc4cnc5[nH]ccc5c4)c3)CC2)=C(c2ccc(Cl)cc2)C1. The number of benzene rings is 3. The summed E-state index contributed by atoms with van der Waals surface area (Å²) in [7, 11) is -4.61. The zero-order valence-electron chi connectivity index (χ0n) is 35.1. The van der Waals surface area contributed by atoms with Crippen molar-refractivity contribution < 1.29 is 32.4 Å². The van der Waals surface area contributed by atoms with Crippen LogP contribution in [0.3, 0.4) is 0 Å². The maximum atomic E-state index is 13.9. The number of sulfonamides is 1. The summed E-state index contributed by atoms with van der Waals surface area (Å²) in [5, 5.41) is 13.6. The van der Waals surface area contributed by atoms with Crippen molar-refractivity contribution in [3.8, 4) is 17.2 Å². The van der Waals surface area contributed by atoms with Crippen LogP contribution < -0.4 is 19.1 Å². The van der Waals surface area contributed by atoms with Gasteiger partial charge in [0.2, 0.25) is 0 Å². The van der Waals surface area contributed by atoms with Gasteiger partial charge < -0.3 is 19.4 Å². The summed E-state index contributed by atoms with van der Waals surface area (Å²) in [6.45, 7) is 8.76. The average molecular weight is 893 g/mol.